The molecule has 0 fully saturated rings. The highest BCUT2D eigenvalue weighted by atomic mass is 127. The molecule has 0 saturated heterocycles. The van der Waals surface area contributed by atoms with Gasteiger partial charge >= 0.3 is 0 Å². The molecule has 94 valence electrons. The molecule has 0 atom stereocenters. The number of hydrogen-bond acceptors (Lipinski definition) is 1. The van der Waals surface area contributed by atoms with Gasteiger partial charge in [0.25, 0.3) is 0 Å². The van der Waals surface area contributed by atoms with Gasteiger partial charge in [-0.2, -0.15) is 0 Å². The van der Waals surface area contributed by atoms with Gasteiger partial charge < -0.3 is 5.32 Å². The third kappa shape index (κ3) is 3.85. The van der Waals surface area contributed by atoms with Crippen LogP contribution in [0.3, 0.4) is 0 Å². The molecular weight excluding hydrogens is 492 g/mol. The molecular formula is C13H9Br2ClIN. The number of rotatable bonds is 3. The number of benzene rings is 2. The van der Waals surface area contributed by atoms with E-state index >= 15 is 0 Å². The lowest BCUT2D eigenvalue weighted by Gasteiger charge is -2.10. The summed E-state index contributed by atoms with van der Waals surface area (Å²) in [5.74, 6) is 0. The van der Waals surface area contributed by atoms with Gasteiger partial charge in [0.05, 0.1) is 0 Å². The molecule has 0 heterocycles. The van der Waals surface area contributed by atoms with E-state index in [4.69, 9.17) is 11.6 Å². The monoisotopic (exact) mass is 499 g/mol. The minimum absolute atomic E-state index is 0.699. The quantitative estimate of drug-likeness (QED) is 0.503. The second-order valence-corrected chi connectivity index (χ2v) is 7.11. The van der Waals surface area contributed by atoms with Gasteiger partial charge in [0.2, 0.25) is 0 Å². The van der Waals surface area contributed by atoms with E-state index in [-0.39, 0.29) is 0 Å². The van der Waals surface area contributed by atoms with Crippen molar-refractivity contribution in [3.63, 3.8) is 0 Å². The molecule has 0 unspecified atom stereocenters. The molecule has 2 rings (SSSR count). The maximum absolute atomic E-state index is 6.16. The molecule has 0 aromatic heterocycles. The fourth-order valence-corrected chi connectivity index (χ4v) is 2.98. The minimum atomic E-state index is 0.699. The number of halogens is 4. The van der Waals surface area contributed by atoms with Crippen LogP contribution < -0.4 is 5.32 Å². The third-order valence-electron chi connectivity index (χ3n) is 2.41. The lowest BCUT2D eigenvalue weighted by Crippen LogP contribution is -2.01. The molecule has 0 bridgehead atoms. The normalized spacial score (nSPS) is 10.4. The zero-order valence-electron chi connectivity index (χ0n) is 9.18. The van der Waals surface area contributed by atoms with Crippen molar-refractivity contribution in [2.24, 2.45) is 0 Å². The van der Waals surface area contributed by atoms with Gasteiger partial charge in [0.15, 0.2) is 0 Å². The Hall–Kier alpha value is 0.220. The predicted molar refractivity (Wildman–Crippen MR) is 93.3 cm³/mol. The fraction of sp³-hybridized carbons (Fsp3) is 0.0769. The lowest BCUT2D eigenvalue weighted by atomic mass is 10.2. The number of hydrogen-bond donors (Lipinski definition) is 1. The van der Waals surface area contributed by atoms with E-state index in [9.17, 15) is 0 Å². The highest BCUT2D eigenvalue weighted by molar-refractivity contribution is 14.1. The Labute approximate surface area is 142 Å². The summed E-state index contributed by atoms with van der Waals surface area (Å²) in [6, 6.07) is 12.0. The van der Waals surface area contributed by atoms with Gasteiger partial charge in [0, 0.05) is 29.8 Å². The molecule has 0 saturated carbocycles. The molecule has 0 aliphatic carbocycles. The summed E-state index contributed by atoms with van der Waals surface area (Å²) in [6.45, 7) is 0.699. The lowest BCUT2D eigenvalue weighted by molar-refractivity contribution is 1.14. The molecule has 0 spiro atoms. The highest BCUT2D eigenvalue weighted by Gasteiger charge is 2.04. The van der Waals surface area contributed by atoms with Gasteiger partial charge in [-0.3, -0.25) is 0 Å². The molecule has 2 aromatic carbocycles. The van der Waals surface area contributed by atoms with Crippen molar-refractivity contribution in [1.82, 2.24) is 0 Å². The van der Waals surface area contributed by atoms with Gasteiger partial charge in [-0.25, -0.2) is 0 Å². The third-order valence-corrected chi connectivity index (χ3v) is 4.70. The van der Waals surface area contributed by atoms with Gasteiger partial charge in [0.1, 0.15) is 0 Å². The second kappa shape index (κ2) is 6.59. The molecule has 0 radical (unpaired) electrons. The molecule has 1 nitrogen and oxygen atoms in total. The zero-order chi connectivity index (χ0) is 13.1. The summed E-state index contributed by atoms with van der Waals surface area (Å²) in [4.78, 5) is 0. The van der Waals surface area contributed by atoms with Crippen LogP contribution in [0.5, 0.6) is 0 Å². The predicted octanol–water partition coefficient (Wildman–Crippen LogP) is 6.08. The molecule has 18 heavy (non-hydrogen) atoms. The molecule has 5 heteroatoms. The summed E-state index contributed by atoms with van der Waals surface area (Å²) >= 11 is 15.4. The SMILES string of the molecule is Clc1ccc(Br)cc1CNc1cc(Br)ccc1I. The maximum Gasteiger partial charge on any atom is 0.0489 e. The van der Waals surface area contributed by atoms with E-state index in [1.807, 2.05) is 24.3 Å². The zero-order valence-corrected chi connectivity index (χ0v) is 15.3. The van der Waals surface area contributed by atoms with Crippen molar-refractivity contribution in [2.75, 3.05) is 5.32 Å². The maximum atomic E-state index is 6.16. The molecule has 2 aromatic rings. The van der Waals surface area contributed by atoms with Crippen LogP contribution in [0.1, 0.15) is 5.56 Å². The first kappa shape index (κ1) is 14.6. The number of nitrogens with one attached hydrogen (secondary N) is 1. The van der Waals surface area contributed by atoms with Crippen LogP contribution in [-0.4, -0.2) is 0 Å². The van der Waals surface area contributed by atoms with Gasteiger partial charge in [-0.05, 0) is 64.6 Å². The van der Waals surface area contributed by atoms with Gasteiger partial charge in [-0.1, -0.05) is 43.5 Å². The van der Waals surface area contributed by atoms with Crippen molar-refractivity contribution in [2.45, 2.75) is 6.54 Å². The summed E-state index contributed by atoms with van der Waals surface area (Å²) in [7, 11) is 0. The molecule has 0 amide bonds. The van der Waals surface area contributed by atoms with E-state index in [0.29, 0.717) is 6.54 Å². The Bertz CT molecular complexity index is 523. The highest BCUT2D eigenvalue weighted by Crippen LogP contribution is 2.25. The first-order valence-corrected chi connectivity index (χ1v) is 8.23. The summed E-state index contributed by atoms with van der Waals surface area (Å²) in [6.07, 6.45) is 0. The van der Waals surface area contributed by atoms with Crippen molar-refractivity contribution < 1.29 is 0 Å². The van der Waals surface area contributed by atoms with Crippen molar-refractivity contribution in [3.8, 4) is 0 Å². The molecule has 0 aliphatic rings. The first-order chi connectivity index (χ1) is 8.56. The Morgan fingerprint density at radius 3 is 2.50 bits per heavy atom. The van der Waals surface area contributed by atoms with Crippen molar-refractivity contribution >= 4 is 71.7 Å². The minimum Gasteiger partial charge on any atom is -0.380 e. The van der Waals surface area contributed by atoms with E-state index < -0.39 is 0 Å². The average Bonchev–Trinajstić information content (AvgIpc) is 2.34. The Kier molecular flexibility index (Phi) is 5.35. The summed E-state index contributed by atoms with van der Waals surface area (Å²) in [5, 5.41) is 4.17. The molecule has 0 aliphatic heterocycles. The van der Waals surface area contributed by atoms with Crippen LogP contribution in [0.25, 0.3) is 0 Å². The van der Waals surface area contributed by atoms with E-state index in [1.165, 1.54) is 3.57 Å². The topological polar surface area (TPSA) is 12.0 Å². The Balaban J connectivity index is 2.16. The van der Waals surface area contributed by atoms with Crippen LogP contribution >= 0.6 is 66.1 Å². The summed E-state index contributed by atoms with van der Waals surface area (Å²) in [5.41, 5.74) is 2.17. The molecule has 1 N–H and O–H groups in total. The van der Waals surface area contributed by atoms with Crippen LogP contribution in [-0.2, 0) is 6.54 Å². The Morgan fingerprint density at radius 2 is 1.72 bits per heavy atom. The fourth-order valence-electron chi connectivity index (χ4n) is 1.50. The van der Waals surface area contributed by atoms with Crippen LogP contribution in [0.4, 0.5) is 5.69 Å². The Morgan fingerprint density at radius 1 is 1.06 bits per heavy atom. The van der Waals surface area contributed by atoms with Crippen LogP contribution in [0, 0.1) is 3.57 Å². The largest absolute Gasteiger partial charge is 0.380 e. The van der Waals surface area contributed by atoms with E-state index in [2.05, 4.69) is 71.9 Å². The number of anilines is 1. The van der Waals surface area contributed by atoms with E-state index in [0.717, 1.165) is 25.2 Å². The van der Waals surface area contributed by atoms with Crippen molar-refractivity contribution in [1.29, 1.82) is 0 Å². The standard InChI is InChI=1S/C13H9Br2ClIN/c14-9-1-3-11(16)8(5-9)7-18-13-6-10(15)2-4-12(13)17/h1-6,18H,7H2. The van der Waals surface area contributed by atoms with Crippen molar-refractivity contribution in [3.05, 3.63) is 59.5 Å². The smallest absolute Gasteiger partial charge is 0.0489 e. The van der Waals surface area contributed by atoms with Crippen LogP contribution in [0.15, 0.2) is 45.3 Å². The summed E-state index contributed by atoms with van der Waals surface area (Å²) < 4.78 is 3.28. The average molecular weight is 501 g/mol. The first-order valence-electron chi connectivity index (χ1n) is 5.19. The van der Waals surface area contributed by atoms with E-state index in [1.54, 1.807) is 0 Å². The van der Waals surface area contributed by atoms with Gasteiger partial charge in [-0.15, -0.1) is 0 Å². The van der Waals surface area contributed by atoms with Crippen LogP contribution in [0.2, 0.25) is 5.02 Å². The second-order valence-electron chi connectivity index (χ2n) is 3.71.